The van der Waals surface area contributed by atoms with Crippen LogP contribution in [0.5, 0.6) is 5.75 Å². The van der Waals surface area contributed by atoms with Gasteiger partial charge in [-0.05, 0) is 55.5 Å². The second kappa shape index (κ2) is 14.1. The van der Waals surface area contributed by atoms with Crippen molar-refractivity contribution in [2.45, 2.75) is 23.3 Å². The van der Waals surface area contributed by atoms with E-state index in [1.165, 1.54) is 37.8 Å². The van der Waals surface area contributed by atoms with Crippen LogP contribution in [0, 0.1) is 6.92 Å². The zero-order chi connectivity index (χ0) is 35.6. The first-order valence-electron chi connectivity index (χ1n) is 15.1. The Kier molecular flexibility index (Phi) is 9.88. The molecule has 18 heteroatoms. The Labute approximate surface area is 288 Å². The van der Waals surface area contributed by atoms with E-state index in [2.05, 4.69) is 20.3 Å². The number of ether oxygens (including phenoxy) is 2. The highest BCUT2D eigenvalue weighted by Crippen LogP contribution is 2.32. The van der Waals surface area contributed by atoms with Crippen molar-refractivity contribution in [2.75, 3.05) is 37.4 Å². The molecule has 5 aromatic rings. The van der Waals surface area contributed by atoms with Crippen LogP contribution >= 0.6 is 11.8 Å². The van der Waals surface area contributed by atoms with E-state index in [4.69, 9.17) is 4.74 Å². The number of amides is 1. The average molecular weight is 730 g/mol. The molecule has 0 unspecified atom stereocenters. The Morgan fingerprint density at radius 2 is 1.68 bits per heavy atom. The summed E-state index contributed by atoms with van der Waals surface area (Å²) in [6.07, 6.45) is -4.90. The number of alkyl halides is 3. The summed E-state index contributed by atoms with van der Waals surface area (Å²) in [6.45, 7) is 2.62. The molecule has 50 heavy (non-hydrogen) atoms. The third kappa shape index (κ3) is 7.32. The number of nitrogens with zero attached hydrogens (tertiary/aromatic N) is 6. The number of hydrogen-bond acceptors (Lipinski definition) is 9. The maximum absolute atomic E-state index is 13.4. The number of sulfonamides is 1. The lowest BCUT2D eigenvalue weighted by atomic mass is 10.2. The predicted molar refractivity (Wildman–Crippen MR) is 178 cm³/mol. The Morgan fingerprint density at radius 1 is 0.980 bits per heavy atom. The molecule has 1 N–H and O–H groups in total. The molecule has 0 atom stereocenters. The van der Waals surface area contributed by atoms with Gasteiger partial charge >= 0.3 is 6.36 Å². The van der Waals surface area contributed by atoms with Crippen molar-refractivity contribution < 1.29 is 35.9 Å². The Bertz CT molecular complexity index is 2180. The minimum atomic E-state index is -4.90. The van der Waals surface area contributed by atoms with Gasteiger partial charge in [0.1, 0.15) is 11.4 Å². The van der Waals surface area contributed by atoms with E-state index in [1.807, 2.05) is 6.07 Å². The lowest BCUT2D eigenvalue weighted by Crippen LogP contribution is -2.40. The molecule has 0 saturated carbocycles. The summed E-state index contributed by atoms with van der Waals surface area (Å²) in [6, 6.07) is 19.9. The smallest absolute Gasteiger partial charge is 0.406 e. The van der Waals surface area contributed by atoms with Crippen molar-refractivity contribution in [3.63, 3.8) is 0 Å². The van der Waals surface area contributed by atoms with E-state index in [0.29, 0.717) is 22.6 Å². The molecule has 13 nitrogen and oxygen atoms in total. The van der Waals surface area contributed by atoms with Crippen molar-refractivity contribution in [2.24, 2.45) is 7.05 Å². The fourth-order valence-corrected chi connectivity index (χ4v) is 7.54. The van der Waals surface area contributed by atoms with Crippen LogP contribution in [0.15, 0.2) is 93.7 Å². The van der Waals surface area contributed by atoms with Crippen molar-refractivity contribution in [3.8, 4) is 28.5 Å². The number of carbonyl (C=O) groups excluding carboxylic acids is 1. The largest absolute Gasteiger partial charge is 0.573 e. The number of rotatable bonds is 10. The summed E-state index contributed by atoms with van der Waals surface area (Å²) in [5, 5.41) is 11.4. The molecule has 1 fully saturated rings. The predicted octanol–water partition coefficient (Wildman–Crippen LogP) is 4.38. The second-order valence-electron chi connectivity index (χ2n) is 11.0. The number of benzene rings is 3. The summed E-state index contributed by atoms with van der Waals surface area (Å²) < 4.78 is 80.6. The molecular weight excluding hydrogens is 700 g/mol. The standard InChI is InChI=1S/C32H30F3N7O6S2/c1-21-28(30(44)42(39(21)2)24-8-4-3-5-9-24)36-27(43)20-49-31-38-37-29(41(31)23-11-13-25(14-12-23)48-32(33,34)35)22-7-6-10-26(19-22)50(45,46)40-15-17-47-18-16-40/h3-14,19H,15-18,20H2,1-2H3,(H,36,43). The first-order chi connectivity index (χ1) is 23.8. The highest BCUT2D eigenvalue weighted by molar-refractivity contribution is 7.99. The first kappa shape index (κ1) is 34.9. The molecular formula is C32H30F3N7O6S2. The van der Waals surface area contributed by atoms with Gasteiger partial charge in [0.15, 0.2) is 11.0 Å². The Hall–Kier alpha value is -4.91. The summed E-state index contributed by atoms with van der Waals surface area (Å²) >= 11 is 0.961. The highest BCUT2D eigenvalue weighted by atomic mass is 32.2. The molecule has 3 aromatic carbocycles. The van der Waals surface area contributed by atoms with Gasteiger partial charge in [-0.2, -0.15) is 4.31 Å². The minimum absolute atomic E-state index is 0.00773. The molecule has 0 radical (unpaired) electrons. The molecule has 6 rings (SSSR count). The number of thioether (sulfide) groups is 1. The number of anilines is 1. The molecule has 1 amide bonds. The Morgan fingerprint density at radius 3 is 2.36 bits per heavy atom. The number of carbonyl (C=O) groups is 1. The highest BCUT2D eigenvalue weighted by Gasteiger charge is 2.31. The zero-order valence-electron chi connectivity index (χ0n) is 26.6. The van der Waals surface area contributed by atoms with E-state index in [1.54, 1.807) is 55.1 Å². The van der Waals surface area contributed by atoms with Gasteiger partial charge in [0.25, 0.3) is 5.56 Å². The lowest BCUT2D eigenvalue weighted by Gasteiger charge is -2.26. The van der Waals surface area contributed by atoms with Gasteiger partial charge in [-0.3, -0.25) is 18.8 Å². The summed E-state index contributed by atoms with van der Waals surface area (Å²) in [5.41, 5.74) is 1.48. The number of halogens is 3. The molecule has 3 heterocycles. The molecule has 0 aliphatic carbocycles. The molecule has 0 bridgehead atoms. The van der Waals surface area contributed by atoms with E-state index in [-0.39, 0.29) is 53.6 Å². The zero-order valence-corrected chi connectivity index (χ0v) is 28.3. The lowest BCUT2D eigenvalue weighted by molar-refractivity contribution is -0.274. The molecule has 1 aliphatic heterocycles. The maximum atomic E-state index is 13.4. The van der Waals surface area contributed by atoms with E-state index in [9.17, 15) is 31.2 Å². The van der Waals surface area contributed by atoms with Crippen LogP contribution in [-0.2, 0) is 26.6 Å². The van der Waals surface area contributed by atoms with Crippen molar-refractivity contribution in [3.05, 3.63) is 94.9 Å². The average Bonchev–Trinajstić information content (AvgIpc) is 3.62. The molecule has 1 aliphatic rings. The molecule has 262 valence electrons. The van der Waals surface area contributed by atoms with E-state index in [0.717, 1.165) is 23.9 Å². The number of aromatic nitrogens is 5. The van der Waals surface area contributed by atoms with Crippen LogP contribution in [0.2, 0.25) is 0 Å². The topological polar surface area (TPSA) is 143 Å². The minimum Gasteiger partial charge on any atom is -0.406 e. The fraction of sp³-hybridized carbons (Fsp3) is 0.250. The quantitative estimate of drug-likeness (QED) is 0.207. The fourth-order valence-electron chi connectivity index (χ4n) is 5.33. The second-order valence-corrected chi connectivity index (χ2v) is 13.9. The van der Waals surface area contributed by atoms with Crippen molar-refractivity contribution >= 4 is 33.4 Å². The van der Waals surface area contributed by atoms with Crippen LogP contribution < -0.4 is 15.6 Å². The molecule has 2 aromatic heterocycles. The monoisotopic (exact) mass is 729 g/mol. The Balaban J connectivity index is 1.31. The molecule has 0 spiro atoms. The number of morpholine rings is 1. The number of para-hydroxylation sites is 1. The van der Waals surface area contributed by atoms with Gasteiger partial charge in [-0.1, -0.05) is 42.1 Å². The maximum Gasteiger partial charge on any atom is 0.573 e. The van der Waals surface area contributed by atoms with Gasteiger partial charge in [0.05, 0.1) is 35.2 Å². The van der Waals surface area contributed by atoms with E-state index >= 15 is 0 Å². The number of nitrogens with one attached hydrogen (secondary N) is 1. The van der Waals surface area contributed by atoms with Crippen LogP contribution in [0.4, 0.5) is 18.9 Å². The van der Waals surface area contributed by atoms with Gasteiger partial charge in [0.2, 0.25) is 15.9 Å². The van der Waals surface area contributed by atoms with Crippen molar-refractivity contribution in [1.82, 2.24) is 28.4 Å². The van der Waals surface area contributed by atoms with Crippen LogP contribution in [0.1, 0.15) is 5.69 Å². The number of hydrogen-bond donors (Lipinski definition) is 1. The van der Waals surface area contributed by atoms with Gasteiger partial charge in [0, 0.05) is 31.4 Å². The summed E-state index contributed by atoms with van der Waals surface area (Å²) in [7, 11) is -2.18. The third-order valence-electron chi connectivity index (χ3n) is 7.81. The van der Waals surface area contributed by atoms with Gasteiger partial charge in [-0.25, -0.2) is 13.1 Å². The van der Waals surface area contributed by atoms with Crippen LogP contribution in [-0.4, -0.2) is 81.2 Å². The van der Waals surface area contributed by atoms with E-state index < -0.39 is 33.6 Å². The SMILES string of the molecule is Cc1c(NC(=O)CSc2nnc(-c3cccc(S(=O)(=O)N4CCOCC4)c3)n2-c2ccc(OC(F)(F)F)cc2)c(=O)n(-c2ccccc2)n1C. The summed E-state index contributed by atoms with van der Waals surface area (Å²) in [5.74, 6) is -1.04. The van der Waals surface area contributed by atoms with Crippen LogP contribution in [0.25, 0.3) is 22.8 Å². The third-order valence-corrected chi connectivity index (χ3v) is 10.6. The van der Waals surface area contributed by atoms with Gasteiger partial charge < -0.3 is 14.8 Å². The van der Waals surface area contributed by atoms with Crippen molar-refractivity contribution in [1.29, 1.82) is 0 Å². The first-order valence-corrected chi connectivity index (χ1v) is 17.5. The molecule has 1 saturated heterocycles. The van der Waals surface area contributed by atoms with Crippen LogP contribution in [0.3, 0.4) is 0 Å². The normalized spacial score (nSPS) is 14.1. The van der Waals surface area contributed by atoms with Gasteiger partial charge in [-0.15, -0.1) is 23.4 Å². The summed E-state index contributed by atoms with van der Waals surface area (Å²) in [4.78, 5) is 26.5.